The summed E-state index contributed by atoms with van der Waals surface area (Å²) < 4.78 is 1.78. The van der Waals surface area contributed by atoms with Gasteiger partial charge in [-0.3, -0.25) is 4.79 Å². The third-order valence-electron chi connectivity index (χ3n) is 2.63. The minimum Gasteiger partial charge on any atom is -0.378 e. The SMILES string of the molecule is Cn1c(Cl)cnc1CNc1cccc(C(N)=O)c1. The van der Waals surface area contributed by atoms with Crippen molar-refractivity contribution in [1.82, 2.24) is 9.55 Å². The van der Waals surface area contributed by atoms with Crippen LogP contribution in [-0.4, -0.2) is 15.5 Å². The number of amides is 1. The number of benzene rings is 1. The molecule has 1 aromatic heterocycles. The predicted molar refractivity (Wildman–Crippen MR) is 70.5 cm³/mol. The lowest BCUT2D eigenvalue weighted by Crippen LogP contribution is -2.11. The number of imidazole rings is 1. The van der Waals surface area contributed by atoms with Gasteiger partial charge in [-0.15, -0.1) is 0 Å². The van der Waals surface area contributed by atoms with E-state index >= 15 is 0 Å². The third-order valence-corrected chi connectivity index (χ3v) is 2.98. The first-order chi connectivity index (χ1) is 8.58. The van der Waals surface area contributed by atoms with Crippen molar-refractivity contribution in [2.75, 3.05) is 5.32 Å². The van der Waals surface area contributed by atoms with E-state index in [9.17, 15) is 4.79 Å². The molecule has 0 spiro atoms. The van der Waals surface area contributed by atoms with E-state index in [2.05, 4.69) is 10.3 Å². The highest BCUT2D eigenvalue weighted by molar-refractivity contribution is 6.29. The number of aromatic nitrogens is 2. The Balaban J connectivity index is 2.08. The second-order valence-corrected chi connectivity index (χ2v) is 4.24. The average molecular weight is 265 g/mol. The van der Waals surface area contributed by atoms with E-state index in [-0.39, 0.29) is 0 Å². The molecule has 94 valence electrons. The summed E-state index contributed by atoms with van der Waals surface area (Å²) in [7, 11) is 1.84. The Morgan fingerprint density at radius 2 is 2.33 bits per heavy atom. The van der Waals surface area contributed by atoms with Crippen LogP contribution in [0.2, 0.25) is 5.15 Å². The Bertz CT molecular complexity index is 579. The van der Waals surface area contributed by atoms with Gasteiger partial charge in [0.2, 0.25) is 5.91 Å². The lowest BCUT2D eigenvalue weighted by Gasteiger charge is -2.07. The zero-order valence-corrected chi connectivity index (χ0v) is 10.6. The average Bonchev–Trinajstić information content (AvgIpc) is 2.68. The second kappa shape index (κ2) is 5.10. The van der Waals surface area contributed by atoms with Crippen molar-refractivity contribution in [3.63, 3.8) is 0 Å². The van der Waals surface area contributed by atoms with E-state index in [0.717, 1.165) is 11.5 Å². The molecular formula is C12H13ClN4O. The van der Waals surface area contributed by atoms with Gasteiger partial charge in [-0.1, -0.05) is 17.7 Å². The number of nitrogens with two attached hydrogens (primary N) is 1. The van der Waals surface area contributed by atoms with Crippen LogP contribution >= 0.6 is 11.6 Å². The fourth-order valence-corrected chi connectivity index (χ4v) is 1.70. The number of hydrogen-bond acceptors (Lipinski definition) is 3. The van der Waals surface area contributed by atoms with Gasteiger partial charge >= 0.3 is 0 Å². The number of carbonyl (C=O) groups excluding carboxylic acids is 1. The van der Waals surface area contributed by atoms with Gasteiger partial charge in [-0.25, -0.2) is 4.98 Å². The van der Waals surface area contributed by atoms with Gasteiger partial charge in [0, 0.05) is 18.3 Å². The van der Waals surface area contributed by atoms with Gasteiger partial charge in [0.1, 0.15) is 11.0 Å². The number of rotatable bonds is 4. The van der Waals surface area contributed by atoms with Crippen LogP contribution in [0, 0.1) is 0 Å². The highest BCUT2D eigenvalue weighted by Gasteiger charge is 2.05. The number of primary amides is 1. The molecule has 1 amide bonds. The quantitative estimate of drug-likeness (QED) is 0.884. The monoisotopic (exact) mass is 264 g/mol. The molecule has 6 heteroatoms. The summed E-state index contributed by atoms with van der Waals surface area (Å²) in [6, 6.07) is 7.00. The summed E-state index contributed by atoms with van der Waals surface area (Å²) in [5.41, 5.74) is 6.50. The highest BCUT2D eigenvalue weighted by atomic mass is 35.5. The zero-order valence-electron chi connectivity index (χ0n) is 9.85. The largest absolute Gasteiger partial charge is 0.378 e. The van der Waals surface area contributed by atoms with Crippen LogP contribution in [0.1, 0.15) is 16.2 Å². The molecule has 0 aliphatic rings. The summed E-state index contributed by atoms with van der Waals surface area (Å²) >= 11 is 5.89. The van der Waals surface area contributed by atoms with Crippen LogP contribution in [0.15, 0.2) is 30.5 Å². The number of hydrogen-bond donors (Lipinski definition) is 2. The van der Waals surface area contributed by atoms with Gasteiger partial charge in [0.25, 0.3) is 0 Å². The summed E-state index contributed by atoms with van der Waals surface area (Å²) in [5, 5.41) is 3.74. The minimum absolute atomic E-state index is 0.446. The predicted octanol–water partition coefficient (Wildman–Crippen LogP) is 1.78. The van der Waals surface area contributed by atoms with Crippen molar-refractivity contribution in [3.8, 4) is 0 Å². The smallest absolute Gasteiger partial charge is 0.248 e. The standard InChI is InChI=1S/C12H13ClN4O/c1-17-10(13)6-16-11(17)7-15-9-4-2-3-8(5-9)12(14)18/h2-6,15H,7H2,1H3,(H2,14,18). The molecule has 1 heterocycles. The van der Waals surface area contributed by atoms with Gasteiger partial charge in [0.05, 0.1) is 12.7 Å². The highest BCUT2D eigenvalue weighted by Crippen LogP contribution is 2.13. The van der Waals surface area contributed by atoms with Crippen molar-refractivity contribution in [2.45, 2.75) is 6.54 Å². The fourth-order valence-electron chi connectivity index (χ4n) is 1.55. The maximum Gasteiger partial charge on any atom is 0.248 e. The Morgan fingerprint density at radius 1 is 1.56 bits per heavy atom. The molecule has 0 saturated heterocycles. The molecule has 2 aromatic rings. The van der Waals surface area contributed by atoms with Gasteiger partial charge in [0.15, 0.2) is 0 Å². The molecule has 0 aliphatic heterocycles. The Morgan fingerprint density at radius 3 is 2.94 bits per heavy atom. The van der Waals surface area contributed by atoms with E-state index in [0.29, 0.717) is 17.3 Å². The summed E-state index contributed by atoms with van der Waals surface area (Å²) in [4.78, 5) is 15.2. The maximum absolute atomic E-state index is 11.0. The first kappa shape index (κ1) is 12.4. The number of nitrogens with zero attached hydrogens (tertiary/aromatic N) is 2. The lowest BCUT2D eigenvalue weighted by atomic mass is 10.2. The van der Waals surface area contributed by atoms with Gasteiger partial charge in [-0.05, 0) is 18.2 Å². The van der Waals surface area contributed by atoms with Gasteiger partial charge in [-0.2, -0.15) is 0 Å². The second-order valence-electron chi connectivity index (χ2n) is 3.85. The zero-order chi connectivity index (χ0) is 13.1. The molecule has 18 heavy (non-hydrogen) atoms. The lowest BCUT2D eigenvalue weighted by molar-refractivity contribution is 0.100. The third kappa shape index (κ3) is 2.62. The summed E-state index contributed by atoms with van der Waals surface area (Å²) in [6.45, 7) is 0.519. The Kier molecular flexibility index (Phi) is 3.53. The van der Waals surface area contributed by atoms with Crippen molar-refractivity contribution in [2.24, 2.45) is 12.8 Å². The van der Waals surface area contributed by atoms with Crippen LogP contribution in [0.5, 0.6) is 0 Å². The Labute approximate surface area is 110 Å². The molecule has 0 bridgehead atoms. The molecular weight excluding hydrogens is 252 g/mol. The van der Waals surface area contributed by atoms with E-state index in [1.165, 1.54) is 0 Å². The summed E-state index contributed by atoms with van der Waals surface area (Å²) in [6.07, 6.45) is 1.60. The first-order valence-corrected chi connectivity index (χ1v) is 5.75. The van der Waals surface area contributed by atoms with Crippen LogP contribution in [0.4, 0.5) is 5.69 Å². The van der Waals surface area contributed by atoms with E-state index < -0.39 is 5.91 Å². The molecule has 0 saturated carbocycles. The molecule has 2 rings (SSSR count). The summed E-state index contributed by atoms with van der Waals surface area (Å²) in [5.74, 6) is 0.364. The van der Waals surface area contributed by atoms with E-state index in [4.69, 9.17) is 17.3 Å². The van der Waals surface area contributed by atoms with Crippen molar-refractivity contribution < 1.29 is 4.79 Å². The van der Waals surface area contributed by atoms with E-state index in [1.54, 1.807) is 29.0 Å². The molecule has 0 radical (unpaired) electrons. The van der Waals surface area contributed by atoms with Crippen molar-refractivity contribution in [1.29, 1.82) is 0 Å². The van der Waals surface area contributed by atoms with Crippen molar-refractivity contribution in [3.05, 3.63) is 47.0 Å². The van der Waals surface area contributed by atoms with Crippen molar-refractivity contribution >= 4 is 23.2 Å². The number of carbonyl (C=O) groups is 1. The van der Waals surface area contributed by atoms with Crippen LogP contribution in [-0.2, 0) is 13.6 Å². The topological polar surface area (TPSA) is 72.9 Å². The Hall–Kier alpha value is -2.01. The molecule has 0 aliphatic carbocycles. The molecule has 0 unspecified atom stereocenters. The van der Waals surface area contributed by atoms with Crippen LogP contribution < -0.4 is 11.1 Å². The fraction of sp³-hybridized carbons (Fsp3) is 0.167. The molecule has 0 fully saturated rings. The minimum atomic E-state index is -0.446. The molecule has 3 N–H and O–H groups in total. The van der Waals surface area contributed by atoms with Gasteiger partial charge < -0.3 is 15.6 Å². The number of anilines is 1. The molecule has 5 nitrogen and oxygen atoms in total. The number of nitrogens with one attached hydrogen (secondary N) is 1. The maximum atomic E-state index is 11.0. The molecule has 1 aromatic carbocycles. The van der Waals surface area contributed by atoms with E-state index in [1.807, 2.05) is 13.1 Å². The van der Waals surface area contributed by atoms with Crippen LogP contribution in [0.25, 0.3) is 0 Å². The van der Waals surface area contributed by atoms with Crippen LogP contribution in [0.3, 0.4) is 0 Å². The number of halogens is 1. The first-order valence-electron chi connectivity index (χ1n) is 5.38. The normalized spacial score (nSPS) is 10.3. The molecule has 0 atom stereocenters.